The van der Waals surface area contributed by atoms with Gasteiger partial charge in [0.2, 0.25) is 0 Å². The molecule has 2 atom stereocenters. The summed E-state index contributed by atoms with van der Waals surface area (Å²) in [6, 6.07) is 10.7. The lowest BCUT2D eigenvalue weighted by molar-refractivity contribution is 0.337. The van der Waals surface area contributed by atoms with Crippen molar-refractivity contribution in [2.24, 2.45) is 5.92 Å². The molecule has 1 N–H and O–H groups in total. The number of hydrogen-bond donors (Lipinski definition) is 1. The first kappa shape index (κ1) is 18.9. The molecule has 1 heterocycles. The standard InChI is InChI=1S/C20H27NO2.ClH/c1-21-14-16(8-9-17-6-4-12-23-17)19-7-3-5-15-13-18(22-2)10-11-20(15)19;/h4,6,10-13,16,19,21H,3,5,7-9,14H2,1-2H3;1H. The van der Waals surface area contributed by atoms with E-state index in [1.165, 1.54) is 30.4 Å². The number of ether oxygens (including phenoxy) is 1. The van der Waals surface area contributed by atoms with Gasteiger partial charge < -0.3 is 14.5 Å². The normalized spacial score (nSPS) is 17.7. The zero-order valence-electron chi connectivity index (χ0n) is 14.6. The first-order valence-electron chi connectivity index (χ1n) is 8.65. The Morgan fingerprint density at radius 2 is 2.21 bits per heavy atom. The summed E-state index contributed by atoms with van der Waals surface area (Å²) in [4.78, 5) is 0. The maximum Gasteiger partial charge on any atom is 0.119 e. The molecule has 0 fully saturated rings. The number of nitrogens with one attached hydrogen (secondary N) is 1. The summed E-state index contributed by atoms with van der Waals surface area (Å²) in [6.07, 6.45) is 7.67. The number of methoxy groups -OCH3 is 1. The van der Waals surface area contributed by atoms with E-state index in [4.69, 9.17) is 9.15 Å². The molecule has 4 heteroatoms. The van der Waals surface area contributed by atoms with E-state index >= 15 is 0 Å². The maximum atomic E-state index is 5.51. The molecule has 0 aliphatic heterocycles. The number of fused-ring (bicyclic) bond motifs is 1. The molecule has 0 radical (unpaired) electrons. The van der Waals surface area contributed by atoms with Crippen LogP contribution in [0.4, 0.5) is 0 Å². The van der Waals surface area contributed by atoms with E-state index in [0.717, 1.165) is 30.9 Å². The van der Waals surface area contributed by atoms with Crippen LogP contribution in [0, 0.1) is 5.92 Å². The van der Waals surface area contributed by atoms with Crippen molar-refractivity contribution < 1.29 is 9.15 Å². The van der Waals surface area contributed by atoms with Crippen molar-refractivity contribution in [3.05, 3.63) is 53.5 Å². The van der Waals surface area contributed by atoms with Crippen molar-refractivity contribution in [1.29, 1.82) is 0 Å². The molecule has 1 aromatic carbocycles. The van der Waals surface area contributed by atoms with Crippen LogP contribution >= 0.6 is 12.4 Å². The van der Waals surface area contributed by atoms with E-state index in [1.807, 2.05) is 6.07 Å². The Kier molecular flexibility index (Phi) is 7.19. The molecule has 0 saturated carbocycles. The first-order valence-corrected chi connectivity index (χ1v) is 8.65. The molecule has 1 aliphatic carbocycles. The van der Waals surface area contributed by atoms with Gasteiger partial charge in [0, 0.05) is 6.42 Å². The fourth-order valence-corrected chi connectivity index (χ4v) is 3.94. The number of rotatable bonds is 7. The Bertz CT molecular complexity index is 612. The first-order chi connectivity index (χ1) is 11.3. The lowest BCUT2D eigenvalue weighted by Crippen LogP contribution is -2.27. The van der Waals surface area contributed by atoms with Crippen molar-refractivity contribution in [3.8, 4) is 5.75 Å². The smallest absolute Gasteiger partial charge is 0.119 e. The molecule has 1 aromatic heterocycles. The Morgan fingerprint density at radius 3 is 2.92 bits per heavy atom. The average molecular weight is 350 g/mol. The van der Waals surface area contributed by atoms with Gasteiger partial charge in [0.15, 0.2) is 0 Å². The van der Waals surface area contributed by atoms with Gasteiger partial charge in [-0.15, -0.1) is 12.4 Å². The zero-order chi connectivity index (χ0) is 16.1. The summed E-state index contributed by atoms with van der Waals surface area (Å²) >= 11 is 0. The van der Waals surface area contributed by atoms with Crippen LogP contribution in [-0.4, -0.2) is 20.7 Å². The van der Waals surface area contributed by atoms with Gasteiger partial charge in [0.05, 0.1) is 13.4 Å². The van der Waals surface area contributed by atoms with Gasteiger partial charge >= 0.3 is 0 Å². The minimum Gasteiger partial charge on any atom is -0.497 e. The fourth-order valence-electron chi connectivity index (χ4n) is 3.94. The molecule has 0 spiro atoms. The summed E-state index contributed by atoms with van der Waals surface area (Å²) in [5.41, 5.74) is 3.00. The van der Waals surface area contributed by atoms with E-state index in [-0.39, 0.29) is 12.4 Å². The minimum atomic E-state index is 0. The Balaban J connectivity index is 0.00000208. The fraction of sp³-hybridized carbons (Fsp3) is 0.500. The summed E-state index contributed by atoms with van der Waals surface area (Å²) < 4.78 is 10.9. The highest BCUT2D eigenvalue weighted by atomic mass is 35.5. The largest absolute Gasteiger partial charge is 0.497 e. The van der Waals surface area contributed by atoms with Crippen LogP contribution in [0.3, 0.4) is 0 Å². The third-order valence-corrected chi connectivity index (χ3v) is 5.09. The molecule has 3 rings (SSSR count). The van der Waals surface area contributed by atoms with E-state index in [0.29, 0.717) is 11.8 Å². The van der Waals surface area contributed by atoms with Crippen molar-refractivity contribution in [2.75, 3.05) is 20.7 Å². The molecule has 1 aliphatic rings. The predicted molar refractivity (Wildman–Crippen MR) is 100 cm³/mol. The lowest BCUT2D eigenvalue weighted by Gasteiger charge is -2.32. The summed E-state index contributed by atoms with van der Waals surface area (Å²) in [5, 5.41) is 3.39. The van der Waals surface area contributed by atoms with Gasteiger partial charge in [-0.1, -0.05) is 6.07 Å². The average Bonchev–Trinajstić information content (AvgIpc) is 3.11. The highest BCUT2D eigenvalue weighted by Crippen LogP contribution is 2.39. The maximum absolute atomic E-state index is 5.51. The van der Waals surface area contributed by atoms with Crippen molar-refractivity contribution >= 4 is 12.4 Å². The van der Waals surface area contributed by atoms with E-state index in [9.17, 15) is 0 Å². The number of benzene rings is 1. The molecule has 0 bridgehead atoms. The van der Waals surface area contributed by atoms with E-state index < -0.39 is 0 Å². The number of halogens is 1. The number of hydrogen-bond acceptors (Lipinski definition) is 3. The van der Waals surface area contributed by atoms with Gasteiger partial charge in [-0.25, -0.2) is 0 Å². The van der Waals surface area contributed by atoms with E-state index in [2.05, 4.69) is 36.6 Å². The topological polar surface area (TPSA) is 34.4 Å². The third-order valence-electron chi connectivity index (χ3n) is 5.09. The van der Waals surface area contributed by atoms with Crippen LogP contribution < -0.4 is 10.1 Å². The Morgan fingerprint density at radius 1 is 1.33 bits per heavy atom. The number of aryl methyl sites for hydroxylation is 2. The molecular weight excluding hydrogens is 322 g/mol. The van der Waals surface area contributed by atoms with Crippen LogP contribution in [0.25, 0.3) is 0 Å². The molecular formula is C20H28ClNO2. The third kappa shape index (κ3) is 4.34. The van der Waals surface area contributed by atoms with Crippen LogP contribution in [-0.2, 0) is 12.8 Å². The summed E-state index contributed by atoms with van der Waals surface area (Å²) in [6.45, 7) is 1.05. The van der Waals surface area contributed by atoms with Crippen LogP contribution in [0.15, 0.2) is 41.0 Å². The Labute approximate surface area is 151 Å². The van der Waals surface area contributed by atoms with Crippen molar-refractivity contribution in [2.45, 2.75) is 38.0 Å². The van der Waals surface area contributed by atoms with Crippen LogP contribution in [0.2, 0.25) is 0 Å². The molecule has 0 amide bonds. The monoisotopic (exact) mass is 349 g/mol. The lowest BCUT2D eigenvalue weighted by atomic mass is 9.74. The highest BCUT2D eigenvalue weighted by molar-refractivity contribution is 5.85. The van der Waals surface area contributed by atoms with Gasteiger partial charge in [-0.2, -0.15) is 0 Å². The predicted octanol–water partition coefficient (Wildman–Crippen LogP) is 4.60. The van der Waals surface area contributed by atoms with Crippen LogP contribution in [0.5, 0.6) is 5.75 Å². The Hall–Kier alpha value is -1.45. The molecule has 2 unspecified atom stereocenters. The van der Waals surface area contributed by atoms with Gasteiger partial charge in [-0.3, -0.25) is 0 Å². The van der Waals surface area contributed by atoms with Gasteiger partial charge in [0.25, 0.3) is 0 Å². The quantitative estimate of drug-likeness (QED) is 0.793. The molecule has 132 valence electrons. The van der Waals surface area contributed by atoms with Gasteiger partial charge in [0.1, 0.15) is 11.5 Å². The highest BCUT2D eigenvalue weighted by Gasteiger charge is 2.27. The van der Waals surface area contributed by atoms with Crippen molar-refractivity contribution in [3.63, 3.8) is 0 Å². The van der Waals surface area contributed by atoms with Gasteiger partial charge in [-0.05, 0) is 86.5 Å². The van der Waals surface area contributed by atoms with Crippen LogP contribution in [0.1, 0.15) is 42.1 Å². The minimum absolute atomic E-state index is 0. The molecule has 24 heavy (non-hydrogen) atoms. The second kappa shape index (κ2) is 9.14. The molecule has 3 nitrogen and oxygen atoms in total. The molecule has 2 aromatic rings. The number of furan rings is 1. The zero-order valence-corrected chi connectivity index (χ0v) is 15.4. The summed E-state index contributed by atoms with van der Waals surface area (Å²) in [5.74, 6) is 3.34. The van der Waals surface area contributed by atoms with E-state index in [1.54, 1.807) is 13.4 Å². The second-order valence-electron chi connectivity index (χ2n) is 6.50. The summed E-state index contributed by atoms with van der Waals surface area (Å²) in [7, 11) is 3.80. The SMILES string of the molecule is CNCC(CCc1ccco1)C1CCCc2cc(OC)ccc21.Cl. The molecule has 0 saturated heterocycles. The second-order valence-corrected chi connectivity index (χ2v) is 6.50. The van der Waals surface area contributed by atoms with Crippen molar-refractivity contribution in [1.82, 2.24) is 5.32 Å².